The molecule has 0 amide bonds. The van der Waals surface area contributed by atoms with Crippen molar-refractivity contribution in [1.29, 1.82) is 0 Å². The molecule has 0 aliphatic heterocycles. The molecule has 0 aliphatic carbocycles. The maximum absolute atomic E-state index is 11.8. The van der Waals surface area contributed by atoms with E-state index in [9.17, 15) is 8.42 Å². The Bertz CT molecular complexity index is 262. The molecule has 0 aliphatic rings. The summed E-state index contributed by atoms with van der Waals surface area (Å²) in [7, 11) is -2.97. The Hall–Kier alpha value is -0.0900. The van der Waals surface area contributed by atoms with E-state index in [1.807, 2.05) is 27.7 Å². The average Bonchev–Trinajstić information content (AvgIpc) is 2.14. The highest BCUT2D eigenvalue weighted by molar-refractivity contribution is 7.91. The first-order valence-corrected chi connectivity index (χ1v) is 7.60. The van der Waals surface area contributed by atoms with Crippen LogP contribution in [0.2, 0.25) is 0 Å². The van der Waals surface area contributed by atoms with Gasteiger partial charge in [-0.15, -0.1) is 0 Å². The maximum Gasteiger partial charge on any atom is 0.152 e. The molecule has 0 bridgehead atoms. The van der Waals surface area contributed by atoms with Gasteiger partial charge in [-0.2, -0.15) is 0 Å². The number of rotatable bonds is 7. The van der Waals surface area contributed by atoms with Crippen LogP contribution in [0.5, 0.6) is 0 Å². The summed E-state index contributed by atoms with van der Waals surface area (Å²) in [4.78, 5) is 0. The average molecular weight is 235 g/mol. The highest BCUT2D eigenvalue weighted by Crippen LogP contribution is 2.11. The van der Waals surface area contributed by atoms with E-state index >= 15 is 0 Å². The standard InChI is InChI=1S/C11H25NO2S/c1-5-9(3)7-15(13,14)8-11(12)10(4)6-2/h9-11H,5-8,12H2,1-4H3. The SMILES string of the molecule is CCC(C)CS(=O)(=O)CC(N)C(C)CC. The van der Waals surface area contributed by atoms with E-state index in [2.05, 4.69) is 0 Å². The molecule has 0 radical (unpaired) electrons. The van der Waals surface area contributed by atoms with Crippen molar-refractivity contribution in [3.63, 3.8) is 0 Å². The normalized spacial score (nSPS) is 18.5. The molecule has 0 saturated carbocycles. The summed E-state index contributed by atoms with van der Waals surface area (Å²) in [6, 6.07) is -0.218. The van der Waals surface area contributed by atoms with Crippen LogP contribution >= 0.6 is 0 Å². The number of nitrogens with two attached hydrogens (primary N) is 1. The topological polar surface area (TPSA) is 60.2 Å². The van der Waals surface area contributed by atoms with Gasteiger partial charge in [-0.25, -0.2) is 8.42 Å². The molecule has 4 heteroatoms. The van der Waals surface area contributed by atoms with Gasteiger partial charge in [0, 0.05) is 6.04 Å². The molecule has 3 unspecified atom stereocenters. The van der Waals surface area contributed by atoms with Crippen LogP contribution in [0.15, 0.2) is 0 Å². The van der Waals surface area contributed by atoms with Gasteiger partial charge in [0.05, 0.1) is 11.5 Å². The van der Waals surface area contributed by atoms with Crippen LogP contribution in [-0.2, 0) is 9.84 Å². The minimum atomic E-state index is -2.97. The van der Waals surface area contributed by atoms with E-state index < -0.39 is 9.84 Å². The first-order chi connectivity index (χ1) is 6.82. The van der Waals surface area contributed by atoms with Crippen LogP contribution in [0.1, 0.15) is 40.5 Å². The van der Waals surface area contributed by atoms with Crippen molar-refractivity contribution in [2.45, 2.75) is 46.6 Å². The second kappa shape index (κ2) is 6.48. The van der Waals surface area contributed by atoms with Gasteiger partial charge in [-0.3, -0.25) is 0 Å². The molecule has 2 N–H and O–H groups in total. The van der Waals surface area contributed by atoms with Crippen molar-refractivity contribution in [2.24, 2.45) is 17.6 Å². The molecule has 0 aromatic carbocycles. The summed E-state index contributed by atoms with van der Waals surface area (Å²) in [6.07, 6.45) is 1.83. The number of hydrogen-bond acceptors (Lipinski definition) is 3. The van der Waals surface area contributed by atoms with Crippen LogP contribution in [-0.4, -0.2) is 26.0 Å². The molecule has 0 saturated heterocycles. The van der Waals surface area contributed by atoms with Crippen LogP contribution in [0, 0.1) is 11.8 Å². The largest absolute Gasteiger partial charge is 0.327 e. The number of hydrogen-bond donors (Lipinski definition) is 1. The van der Waals surface area contributed by atoms with Crippen LogP contribution in [0.3, 0.4) is 0 Å². The predicted molar refractivity (Wildman–Crippen MR) is 65.5 cm³/mol. The Morgan fingerprint density at radius 3 is 2.00 bits per heavy atom. The van der Waals surface area contributed by atoms with Crippen molar-refractivity contribution in [2.75, 3.05) is 11.5 Å². The summed E-state index contributed by atoms with van der Waals surface area (Å²) in [5.41, 5.74) is 5.85. The molecule has 3 nitrogen and oxygen atoms in total. The van der Waals surface area contributed by atoms with Crippen LogP contribution < -0.4 is 5.73 Å². The lowest BCUT2D eigenvalue weighted by atomic mass is 10.0. The van der Waals surface area contributed by atoms with Gasteiger partial charge in [0.1, 0.15) is 0 Å². The zero-order valence-corrected chi connectivity index (χ0v) is 11.2. The fourth-order valence-corrected chi connectivity index (χ4v) is 3.53. The summed E-state index contributed by atoms with van der Waals surface area (Å²) in [5.74, 6) is 0.913. The predicted octanol–water partition coefficient (Wildman–Crippen LogP) is 1.82. The van der Waals surface area contributed by atoms with E-state index in [0.717, 1.165) is 12.8 Å². The highest BCUT2D eigenvalue weighted by atomic mass is 32.2. The molecular weight excluding hydrogens is 210 g/mol. The third-order valence-electron chi connectivity index (χ3n) is 3.06. The van der Waals surface area contributed by atoms with Gasteiger partial charge < -0.3 is 5.73 Å². The molecule has 0 heterocycles. The molecule has 0 aromatic rings. The Labute approximate surface area is 94.4 Å². The lowest BCUT2D eigenvalue weighted by Gasteiger charge is -2.19. The second-order valence-electron chi connectivity index (χ2n) is 4.64. The zero-order chi connectivity index (χ0) is 12.1. The monoisotopic (exact) mass is 235 g/mol. The minimum Gasteiger partial charge on any atom is -0.327 e. The lowest BCUT2D eigenvalue weighted by Crippen LogP contribution is -2.37. The summed E-state index contributed by atoms with van der Waals surface area (Å²) in [5, 5.41) is 0. The quantitative estimate of drug-likeness (QED) is 0.732. The number of sulfone groups is 1. The first-order valence-electron chi connectivity index (χ1n) is 5.78. The fourth-order valence-electron chi connectivity index (χ4n) is 1.38. The van der Waals surface area contributed by atoms with E-state index in [0.29, 0.717) is 0 Å². The molecule has 0 rings (SSSR count). The van der Waals surface area contributed by atoms with Gasteiger partial charge >= 0.3 is 0 Å². The summed E-state index contributed by atoms with van der Waals surface area (Å²) in [6.45, 7) is 8.01. The van der Waals surface area contributed by atoms with Gasteiger partial charge in [-0.1, -0.05) is 40.5 Å². The van der Waals surface area contributed by atoms with E-state index in [-0.39, 0.29) is 29.4 Å². The second-order valence-corrected chi connectivity index (χ2v) is 6.79. The Morgan fingerprint density at radius 2 is 1.60 bits per heavy atom. The molecule has 0 aromatic heterocycles. The molecular formula is C11H25NO2S. The third-order valence-corrected chi connectivity index (χ3v) is 5.03. The smallest absolute Gasteiger partial charge is 0.152 e. The van der Waals surface area contributed by atoms with Crippen molar-refractivity contribution in [1.82, 2.24) is 0 Å². The van der Waals surface area contributed by atoms with Crippen LogP contribution in [0.4, 0.5) is 0 Å². The van der Waals surface area contributed by atoms with Crippen molar-refractivity contribution >= 4 is 9.84 Å². The van der Waals surface area contributed by atoms with Gasteiger partial charge in [-0.05, 0) is 11.8 Å². The van der Waals surface area contributed by atoms with Gasteiger partial charge in [0.25, 0.3) is 0 Å². The van der Waals surface area contributed by atoms with Crippen molar-refractivity contribution in [3.8, 4) is 0 Å². The van der Waals surface area contributed by atoms with Crippen molar-refractivity contribution in [3.05, 3.63) is 0 Å². The summed E-state index contributed by atoms with van der Waals surface area (Å²) < 4.78 is 23.5. The minimum absolute atomic E-state index is 0.131. The Morgan fingerprint density at radius 1 is 1.07 bits per heavy atom. The van der Waals surface area contributed by atoms with Gasteiger partial charge in [0.2, 0.25) is 0 Å². The Kier molecular flexibility index (Phi) is 6.44. The first kappa shape index (κ1) is 14.9. The lowest BCUT2D eigenvalue weighted by molar-refractivity contribution is 0.464. The van der Waals surface area contributed by atoms with Crippen molar-refractivity contribution < 1.29 is 8.42 Å². The molecule has 0 fully saturated rings. The highest BCUT2D eigenvalue weighted by Gasteiger charge is 2.21. The van der Waals surface area contributed by atoms with E-state index in [1.165, 1.54) is 0 Å². The van der Waals surface area contributed by atoms with Gasteiger partial charge in [0.15, 0.2) is 9.84 Å². The molecule has 15 heavy (non-hydrogen) atoms. The summed E-state index contributed by atoms with van der Waals surface area (Å²) >= 11 is 0. The molecule has 92 valence electrons. The Balaban J connectivity index is 4.26. The van der Waals surface area contributed by atoms with E-state index in [4.69, 9.17) is 5.73 Å². The zero-order valence-electron chi connectivity index (χ0n) is 10.4. The van der Waals surface area contributed by atoms with E-state index in [1.54, 1.807) is 0 Å². The van der Waals surface area contributed by atoms with Crippen LogP contribution in [0.25, 0.3) is 0 Å². The molecule has 3 atom stereocenters. The third kappa shape index (κ3) is 6.15. The fraction of sp³-hybridized carbons (Fsp3) is 1.00. The maximum atomic E-state index is 11.8. The molecule has 0 spiro atoms.